The first-order valence-corrected chi connectivity index (χ1v) is 11.2. The number of primary amides is 1. The number of urea groups is 1. The molecule has 3 aromatic rings. The fraction of sp³-hybridized carbons (Fsp3) is 0.273. The number of halogens is 2. The highest BCUT2D eigenvalue weighted by molar-refractivity contribution is 7.11. The first kappa shape index (κ1) is 24.8. The van der Waals surface area contributed by atoms with Crippen LogP contribution in [-0.2, 0) is 6.61 Å². The van der Waals surface area contributed by atoms with Gasteiger partial charge in [0.25, 0.3) is 5.91 Å². The van der Waals surface area contributed by atoms with Crippen molar-refractivity contribution in [3.8, 4) is 5.88 Å². The van der Waals surface area contributed by atoms with E-state index in [4.69, 9.17) is 10.5 Å². The summed E-state index contributed by atoms with van der Waals surface area (Å²) in [5, 5.41) is 8.55. The molecule has 0 unspecified atom stereocenters. The van der Waals surface area contributed by atoms with Crippen molar-refractivity contribution < 1.29 is 23.1 Å². The second-order valence-corrected chi connectivity index (χ2v) is 8.06. The number of carbonyl (C=O) groups excluding carboxylic acids is 2. The van der Waals surface area contributed by atoms with Gasteiger partial charge in [-0.3, -0.25) is 15.1 Å². The van der Waals surface area contributed by atoms with Gasteiger partial charge >= 0.3 is 6.03 Å². The summed E-state index contributed by atoms with van der Waals surface area (Å²) in [5.41, 5.74) is 6.36. The Balaban J connectivity index is 1.48. The molecule has 3 amide bonds. The number of aryl methyl sites for hydroxylation is 1. The van der Waals surface area contributed by atoms with Gasteiger partial charge < -0.3 is 21.1 Å². The number of nitrogens with two attached hydrogens (primary N) is 1. The van der Waals surface area contributed by atoms with Crippen LogP contribution in [0.2, 0.25) is 0 Å². The van der Waals surface area contributed by atoms with E-state index in [2.05, 4.69) is 25.3 Å². The maximum absolute atomic E-state index is 14.0. The van der Waals surface area contributed by atoms with Gasteiger partial charge in [0.15, 0.2) is 0 Å². The largest absolute Gasteiger partial charge is 0.471 e. The molecule has 0 aliphatic rings. The average molecular weight is 491 g/mol. The zero-order valence-corrected chi connectivity index (χ0v) is 19.2. The lowest BCUT2D eigenvalue weighted by molar-refractivity contribution is 0.0996. The number of hydrogen-bond donors (Lipinski definition) is 4. The lowest BCUT2D eigenvalue weighted by atomic mass is 10.1. The molecule has 0 fully saturated rings. The second-order valence-electron chi connectivity index (χ2n) is 7.29. The van der Waals surface area contributed by atoms with Crippen LogP contribution in [0.5, 0.6) is 5.88 Å². The molecule has 0 aliphatic carbocycles. The molecular formula is C22H24F2N6O3S. The summed E-state index contributed by atoms with van der Waals surface area (Å²) in [5.74, 6) is -2.28. The van der Waals surface area contributed by atoms with E-state index in [1.54, 1.807) is 12.4 Å². The first-order valence-electron chi connectivity index (χ1n) is 10.4. The molecule has 3 rings (SSSR count). The van der Waals surface area contributed by atoms with Gasteiger partial charge in [0, 0.05) is 36.7 Å². The predicted octanol–water partition coefficient (Wildman–Crippen LogP) is 3.82. The van der Waals surface area contributed by atoms with Gasteiger partial charge in [-0.25, -0.2) is 13.6 Å². The van der Waals surface area contributed by atoms with E-state index in [-0.39, 0.29) is 34.2 Å². The molecule has 2 aromatic heterocycles. The quantitative estimate of drug-likeness (QED) is 0.302. The van der Waals surface area contributed by atoms with E-state index in [0.29, 0.717) is 6.54 Å². The Morgan fingerprint density at radius 2 is 1.85 bits per heavy atom. The Kier molecular flexibility index (Phi) is 8.68. The molecule has 0 aliphatic heterocycles. The van der Waals surface area contributed by atoms with Crippen molar-refractivity contribution in [2.45, 2.75) is 26.4 Å². The Bertz CT molecular complexity index is 1140. The maximum Gasteiger partial charge on any atom is 0.319 e. The number of hydrogen-bond acceptors (Lipinski definition) is 7. The fourth-order valence-electron chi connectivity index (χ4n) is 2.92. The summed E-state index contributed by atoms with van der Waals surface area (Å²) in [6.07, 6.45) is 4.95. The number of nitrogens with zero attached hydrogens (tertiary/aromatic N) is 2. The summed E-state index contributed by atoms with van der Waals surface area (Å²) in [4.78, 5) is 28.0. The molecule has 12 heteroatoms. The monoisotopic (exact) mass is 490 g/mol. The van der Waals surface area contributed by atoms with Crippen LogP contribution in [0.25, 0.3) is 0 Å². The van der Waals surface area contributed by atoms with Crippen LogP contribution in [0, 0.1) is 18.6 Å². The van der Waals surface area contributed by atoms with Crippen LogP contribution in [0.4, 0.5) is 24.3 Å². The van der Waals surface area contributed by atoms with Crippen molar-refractivity contribution in [2.24, 2.45) is 5.73 Å². The summed E-state index contributed by atoms with van der Waals surface area (Å²) in [6, 6.07) is 5.26. The van der Waals surface area contributed by atoms with E-state index in [1.165, 1.54) is 6.92 Å². The highest BCUT2D eigenvalue weighted by Gasteiger charge is 2.22. The Morgan fingerprint density at radius 1 is 1.12 bits per heavy atom. The molecule has 0 bridgehead atoms. The Morgan fingerprint density at radius 3 is 2.59 bits per heavy atom. The van der Waals surface area contributed by atoms with Crippen molar-refractivity contribution in [2.75, 3.05) is 23.7 Å². The summed E-state index contributed by atoms with van der Waals surface area (Å²) in [6.45, 7) is 2.22. The standard InChI is InChI=1S/C22H24F2N6O3S/c1-13-10-17(24)14(11-16(13)23)12-33-20-18(19(25)31)21(34-30-20)29-22(32)28-7-3-2-6-27-15-4-8-26-9-5-15/h4-5,8-11H,2-3,6-7,12H2,1H3,(H2,25,31)(H,26,27)(H2,28,29,32). The number of rotatable bonds is 11. The molecular weight excluding hydrogens is 466 g/mol. The number of ether oxygens (including phenoxy) is 1. The minimum Gasteiger partial charge on any atom is -0.471 e. The van der Waals surface area contributed by atoms with Gasteiger partial charge in [-0.2, -0.15) is 4.37 Å². The van der Waals surface area contributed by atoms with E-state index in [1.807, 2.05) is 12.1 Å². The zero-order valence-electron chi connectivity index (χ0n) is 18.4. The van der Waals surface area contributed by atoms with Crippen LogP contribution >= 0.6 is 11.5 Å². The smallest absolute Gasteiger partial charge is 0.319 e. The van der Waals surface area contributed by atoms with Gasteiger partial charge in [-0.1, -0.05) is 0 Å². The number of amides is 3. The summed E-state index contributed by atoms with van der Waals surface area (Å²) in [7, 11) is 0. The van der Waals surface area contributed by atoms with Crippen LogP contribution in [0.15, 0.2) is 36.7 Å². The molecule has 2 heterocycles. The van der Waals surface area contributed by atoms with E-state index in [9.17, 15) is 18.4 Å². The van der Waals surface area contributed by atoms with Crippen molar-refractivity contribution in [1.82, 2.24) is 14.7 Å². The number of anilines is 2. The lowest BCUT2D eigenvalue weighted by Crippen LogP contribution is -2.30. The third kappa shape index (κ3) is 6.85. The predicted molar refractivity (Wildman–Crippen MR) is 125 cm³/mol. The molecule has 180 valence electrons. The van der Waals surface area contributed by atoms with E-state index < -0.39 is 23.6 Å². The van der Waals surface area contributed by atoms with Gasteiger partial charge in [-0.15, -0.1) is 0 Å². The minimum absolute atomic E-state index is 0.0443. The van der Waals surface area contributed by atoms with E-state index in [0.717, 1.165) is 48.7 Å². The van der Waals surface area contributed by atoms with Crippen molar-refractivity contribution in [3.63, 3.8) is 0 Å². The van der Waals surface area contributed by atoms with E-state index >= 15 is 0 Å². The SMILES string of the molecule is Cc1cc(F)c(COc2nsc(NC(=O)NCCCCNc3ccncc3)c2C(N)=O)cc1F. The molecule has 0 saturated carbocycles. The average Bonchev–Trinajstić information content (AvgIpc) is 3.21. The second kappa shape index (κ2) is 11.9. The highest BCUT2D eigenvalue weighted by Crippen LogP contribution is 2.31. The number of unbranched alkanes of at least 4 members (excludes halogenated alkanes) is 1. The number of carbonyl (C=O) groups is 2. The number of nitrogens with one attached hydrogen (secondary N) is 3. The molecule has 9 nitrogen and oxygen atoms in total. The molecule has 5 N–H and O–H groups in total. The molecule has 0 spiro atoms. The fourth-order valence-corrected chi connectivity index (χ4v) is 3.66. The first-order chi connectivity index (χ1) is 16.3. The molecule has 0 radical (unpaired) electrons. The number of pyridine rings is 1. The third-order valence-electron chi connectivity index (χ3n) is 4.72. The molecule has 0 atom stereocenters. The molecule has 1 aromatic carbocycles. The van der Waals surface area contributed by atoms with Crippen LogP contribution in [-0.4, -0.2) is 34.4 Å². The Labute approximate surface area is 198 Å². The van der Waals surface area contributed by atoms with Gasteiger partial charge in [0.1, 0.15) is 28.8 Å². The highest BCUT2D eigenvalue weighted by atomic mass is 32.1. The van der Waals surface area contributed by atoms with Crippen LogP contribution in [0.3, 0.4) is 0 Å². The van der Waals surface area contributed by atoms with Crippen LogP contribution in [0.1, 0.15) is 34.3 Å². The zero-order chi connectivity index (χ0) is 24.5. The number of aromatic nitrogens is 2. The third-order valence-corrected chi connectivity index (χ3v) is 5.47. The summed E-state index contributed by atoms with van der Waals surface area (Å²) >= 11 is 0.792. The molecule has 0 saturated heterocycles. The minimum atomic E-state index is -0.878. The van der Waals surface area contributed by atoms with Crippen molar-refractivity contribution in [1.29, 1.82) is 0 Å². The van der Waals surface area contributed by atoms with Gasteiger partial charge in [-0.05, 0) is 61.1 Å². The van der Waals surface area contributed by atoms with Crippen molar-refractivity contribution in [3.05, 3.63) is 65.0 Å². The topological polar surface area (TPSA) is 131 Å². The molecule has 34 heavy (non-hydrogen) atoms. The van der Waals surface area contributed by atoms with Crippen molar-refractivity contribution >= 4 is 34.2 Å². The normalized spacial score (nSPS) is 10.6. The Hall–Kier alpha value is -3.80. The van der Waals surface area contributed by atoms with Crippen LogP contribution < -0.4 is 26.4 Å². The van der Waals surface area contributed by atoms with Gasteiger partial charge in [0.2, 0.25) is 5.88 Å². The van der Waals surface area contributed by atoms with Gasteiger partial charge in [0.05, 0.1) is 0 Å². The maximum atomic E-state index is 14.0. The lowest BCUT2D eigenvalue weighted by Gasteiger charge is -2.09. The number of benzene rings is 1. The summed E-state index contributed by atoms with van der Waals surface area (Å²) < 4.78 is 37.1.